The lowest BCUT2D eigenvalue weighted by atomic mass is 10.2. The van der Waals surface area contributed by atoms with Crippen LogP contribution < -0.4 is 16.0 Å². The van der Waals surface area contributed by atoms with Gasteiger partial charge in [0.1, 0.15) is 0 Å². The molecule has 4 heteroatoms. The molecule has 0 aromatic heterocycles. The summed E-state index contributed by atoms with van der Waals surface area (Å²) in [4.78, 5) is 13.4. The second-order valence-corrected chi connectivity index (χ2v) is 5.44. The van der Waals surface area contributed by atoms with Crippen LogP contribution >= 0.6 is 0 Å². The molecule has 0 aliphatic heterocycles. The van der Waals surface area contributed by atoms with Crippen molar-refractivity contribution in [2.75, 3.05) is 23.3 Å². The molecule has 0 bridgehead atoms. The maximum Gasteiger partial charge on any atom is 0.316 e. The normalized spacial score (nSPS) is 10.4. The molecule has 21 heavy (non-hydrogen) atoms. The highest BCUT2D eigenvalue weighted by Crippen LogP contribution is 2.21. The van der Waals surface area contributed by atoms with Crippen molar-refractivity contribution in [3.05, 3.63) is 24.3 Å². The van der Waals surface area contributed by atoms with E-state index in [1.165, 1.54) is 38.5 Å². The van der Waals surface area contributed by atoms with Crippen LogP contribution in [0.15, 0.2) is 24.3 Å². The summed E-state index contributed by atoms with van der Waals surface area (Å²) in [6, 6.07) is 7.42. The molecule has 0 aliphatic rings. The standard InChI is InChI=1S/C17H29N3O/c1-3-5-7-12-20(13-8-6-4-2)16-11-9-10-15(14-16)19-17(18)21/h9-11,14H,3-8,12-13H2,1-2H3,(H3,18,19,21). The first-order valence-electron chi connectivity index (χ1n) is 8.08. The number of primary amides is 1. The van der Waals surface area contributed by atoms with Gasteiger partial charge in [0.05, 0.1) is 0 Å². The number of hydrogen-bond acceptors (Lipinski definition) is 2. The van der Waals surface area contributed by atoms with Crippen LogP contribution in [0.2, 0.25) is 0 Å². The highest BCUT2D eigenvalue weighted by molar-refractivity contribution is 5.88. The molecular formula is C17H29N3O. The summed E-state index contributed by atoms with van der Waals surface area (Å²) in [6.45, 7) is 6.58. The molecule has 0 radical (unpaired) electrons. The number of rotatable bonds is 10. The fraction of sp³-hybridized carbons (Fsp3) is 0.588. The van der Waals surface area contributed by atoms with E-state index >= 15 is 0 Å². The Morgan fingerprint density at radius 1 is 1.10 bits per heavy atom. The van der Waals surface area contributed by atoms with Crippen LogP contribution in [0.5, 0.6) is 0 Å². The predicted molar refractivity (Wildman–Crippen MR) is 90.9 cm³/mol. The number of anilines is 2. The van der Waals surface area contributed by atoms with E-state index in [1.807, 2.05) is 18.2 Å². The minimum atomic E-state index is -0.518. The Bertz CT molecular complexity index is 410. The maximum absolute atomic E-state index is 11.0. The van der Waals surface area contributed by atoms with Gasteiger partial charge in [-0.2, -0.15) is 0 Å². The van der Waals surface area contributed by atoms with E-state index in [4.69, 9.17) is 5.73 Å². The Balaban J connectivity index is 2.72. The van der Waals surface area contributed by atoms with Crippen molar-refractivity contribution in [3.8, 4) is 0 Å². The third-order valence-corrected chi connectivity index (χ3v) is 3.54. The van der Waals surface area contributed by atoms with Crippen LogP contribution in [0.1, 0.15) is 52.4 Å². The first kappa shape index (κ1) is 17.3. The minimum absolute atomic E-state index is 0.518. The van der Waals surface area contributed by atoms with E-state index in [9.17, 15) is 4.79 Å². The highest BCUT2D eigenvalue weighted by Gasteiger charge is 2.07. The fourth-order valence-electron chi connectivity index (χ4n) is 2.40. The molecule has 118 valence electrons. The lowest BCUT2D eigenvalue weighted by molar-refractivity contribution is 0.259. The average molecular weight is 291 g/mol. The van der Waals surface area contributed by atoms with E-state index in [-0.39, 0.29) is 0 Å². The smallest absolute Gasteiger partial charge is 0.316 e. The summed E-state index contributed by atoms with van der Waals surface area (Å²) in [5, 5.41) is 2.65. The molecule has 0 atom stereocenters. The number of unbranched alkanes of at least 4 members (excludes halogenated alkanes) is 4. The minimum Gasteiger partial charge on any atom is -0.371 e. The number of nitrogens with two attached hydrogens (primary N) is 1. The molecule has 2 amide bonds. The van der Waals surface area contributed by atoms with Crippen LogP contribution in [-0.4, -0.2) is 19.1 Å². The van der Waals surface area contributed by atoms with Gasteiger partial charge >= 0.3 is 6.03 Å². The summed E-state index contributed by atoms with van der Waals surface area (Å²) >= 11 is 0. The first-order chi connectivity index (χ1) is 10.2. The lowest BCUT2D eigenvalue weighted by Gasteiger charge is -2.25. The SMILES string of the molecule is CCCCCN(CCCCC)c1cccc(NC(N)=O)c1. The molecule has 0 spiro atoms. The van der Waals surface area contributed by atoms with Crippen LogP contribution in [0.4, 0.5) is 16.2 Å². The Kier molecular flexibility index (Phi) is 8.32. The second kappa shape index (κ2) is 10.1. The summed E-state index contributed by atoms with van der Waals surface area (Å²) < 4.78 is 0. The number of hydrogen-bond donors (Lipinski definition) is 2. The zero-order valence-corrected chi connectivity index (χ0v) is 13.4. The van der Waals surface area contributed by atoms with Crippen LogP contribution in [0.25, 0.3) is 0 Å². The first-order valence-corrected chi connectivity index (χ1v) is 8.08. The Hall–Kier alpha value is -1.71. The third-order valence-electron chi connectivity index (χ3n) is 3.54. The second-order valence-electron chi connectivity index (χ2n) is 5.44. The summed E-state index contributed by atoms with van der Waals surface area (Å²) in [7, 11) is 0. The van der Waals surface area contributed by atoms with Crippen LogP contribution in [-0.2, 0) is 0 Å². The maximum atomic E-state index is 11.0. The van der Waals surface area contributed by atoms with Crippen molar-refractivity contribution in [1.29, 1.82) is 0 Å². The molecule has 1 aromatic carbocycles. The van der Waals surface area contributed by atoms with E-state index in [2.05, 4.69) is 30.1 Å². The van der Waals surface area contributed by atoms with Crippen molar-refractivity contribution in [2.24, 2.45) is 5.73 Å². The van der Waals surface area contributed by atoms with Gasteiger partial charge in [0.25, 0.3) is 0 Å². The average Bonchev–Trinajstić information content (AvgIpc) is 2.45. The molecule has 0 fully saturated rings. The molecular weight excluding hydrogens is 262 g/mol. The monoisotopic (exact) mass is 291 g/mol. The molecule has 0 saturated heterocycles. The van der Waals surface area contributed by atoms with E-state index in [0.717, 1.165) is 24.5 Å². The van der Waals surface area contributed by atoms with Crippen molar-refractivity contribution in [3.63, 3.8) is 0 Å². The summed E-state index contributed by atoms with van der Waals surface area (Å²) in [5.74, 6) is 0. The summed E-state index contributed by atoms with van der Waals surface area (Å²) in [6.07, 6.45) is 7.37. The molecule has 4 nitrogen and oxygen atoms in total. The molecule has 3 N–H and O–H groups in total. The van der Waals surface area contributed by atoms with Gasteiger partial charge in [-0.15, -0.1) is 0 Å². The van der Waals surface area contributed by atoms with Gasteiger partial charge in [-0.1, -0.05) is 45.6 Å². The van der Waals surface area contributed by atoms with Crippen molar-refractivity contribution < 1.29 is 4.79 Å². The topological polar surface area (TPSA) is 58.4 Å². The van der Waals surface area contributed by atoms with Gasteiger partial charge in [-0.25, -0.2) is 4.79 Å². The predicted octanol–water partition coefficient (Wildman–Crippen LogP) is 4.36. The molecule has 1 rings (SSSR count). The largest absolute Gasteiger partial charge is 0.371 e. The number of urea groups is 1. The fourth-order valence-corrected chi connectivity index (χ4v) is 2.40. The van der Waals surface area contributed by atoms with Crippen molar-refractivity contribution >= 4 is 17.4 Å². The van der Waals surface area contributed by atoms with E-state index < -0.39 is 6.03 Å². The van der Waals surface area contributed by atoms with Crippen molar-refractivity contribution in [2.45, 2.75) is 52.4 Å². The highest BCUT2D eigenvalue weighted by atomic mass is 16.2. The van der Waals surface area contributed by atoms with Gasteiger partial charge in [-0.05, 0) is 31.0 Å². The van der Waals surface area contributed by atoms with E-state index in [0.29, 0.717) is 0 Å². The molecule has 0 saturated carbocycles. The number of carbonyl (C=O) groups excluding carboxylic acids is 1. The zero-order valence-electron chi connectivity index (χ0n) is 13.4. The quantitative estimate of drug-likeness (QED) is 0.629. The number of nitrogens with zero attached hydrogens (tertiary/aromatic N) is 1. The Morgan fingerprint density at radius 3 is 2.24 bits per heavy atom. The molecule has 1 aromatic rings. The molecule has 0 aliphatic carbocycles. The van der Waals surface area contributed by atoms with Gasteiger partial charge in [0.2, 0.25) is 0 Å². The van der Waals surface area contributed by atoms with Gasteiger partial charge in [-0.3, -0.25) is 0 Å². The van der Waals surface area contributed by atoms with Gasteiger partial charge in [0, 0.05) is 24.5 Å². The van der Waals surface area contributed by atoms with Gasteiger partial charge in [0.15, 0.2) is 0 Å². The Morgan fingerprint density at radius 2 is 1.71 bits per heavy atom. The lowest BCUT2D eigenvalue weighted by Crippen LogP contribution is -2.26. The van der Waals surface area contributed by atoms with Gasteiger partial charge < -0.3 is 16.0 Å². The number of nitrogens with one attached hydrogen (secondary N) is 1. The number of amides is 2. The zero-order chi connectivity index (χ0) is 15.5. The van der Waals surface area contributed by atoms with E-state index in [1.54, 1.807) is 0 Å². The van der Waals surface area contributed by atoms with Crippen LogP contribution in [0.3, 0.4) is 0 Å². The molecule has 0 heterocycles. The van der Waals surface area contributed by atoms with Crippen molar-refractivity contribution in [1.82, 2.24) is 0 Å². The Labute approximate surface area is 128 Å². The van der Waals surface area contributed by atoms with Crippen LogP contribution in [0, 0.1) is 0 Å². The number of carbonyl (C=O) groups is 1. The third kappa shape index (κ3) is 7.02. The summed E-state index contributed by atoms with van der Waals surface area (Å²) in [5.41, 5.74) is 7.10. The number of benzene rings is 1. The molecule has 0 unspecified atom stereocenters.